The molecule has 0 fully saturated rings. The molecule has 0 saturated heterocycles. The second-order valence-corrected chi connectivity index (χ2v) is 5.99. The lowest BCUT2D eigenvalue weighted by molar-refractivity contribution is 0.0955. The lowest BCUT2D eigenvalue weighted by Crippen LogP contribution is -2.18. The second-order valence-electron chi connectivity index (χ2n) is 5.59. The molecular weight excluding hydrogens is 336 g/mol. The Bertz CT molecular complexity index is 967. The highest BCUT2D eigenvalue weighted by molar-refractivity contribution is 6.33. The SMILES string of the molecule is COc1ccc2ccccc2c1/C=N\NC(=O)c1ccc(C)cc1Cl. The van der Waals surface area contributed by atoms with E-state index in [4.69, 9.17) is 16.3 Å². The first-order valence-corrected chi connectivity index (χ1v) is 8.13. The highest BCUT2D eigenvalue weighted by Gasteiger charge is 2.10. The summed E-state index contributed by atoms with van der Waals surface area (Å²) in [6.45, 7) is 1.92. The summed E-state index contributed by atoms with van der Waals surface area (Å²) < 4.78 is 5.40. The van der Waals surface area contributed by atoms with E-state index in [1.807, 2.05) is 49.4 Å². The van der Waals surface area contributed by atoms with E-state index in [9.17, 15) is 4.79 Å². The highest BCUT2D eigenvalue weighted by Crippen LogP contribution is 2.26. The number of halogens is 1. The van der Waals surface area contributed by atoms with E-state index in [0.717, 1.165) is 21.9 Å². The summed E-state index contributed by atoms with van der Waals surface area (Å²) in [6.07, 6.45) is 1.58. The minimum atomic E-state index is -0.361. The molecule has 0 heterocycles. The number of ether oxygens (including phenoxy) is 1. The molecule has 0 radical (unpaired) electrons. The van der Waals surface area contributed by atoms with Crippen LogP contribution in [-0.4, -0.2) is 19.2 Å². The van der Waals surface area contributed by atoms with Gasteiger partial charge in [0.2, 0.25) is 0 Å². The molecule has 0 atom stereocenters. The number of methoxy groups -OCH3 is 1. The van der Waals surface area contributed by atoms with Crippen LogP contribution < -0.4 is 10.2 Å². The Kier molecular flexibility index (Phi) is 5.00. The van der Waals surface area contributed by atoms with E-state index in [2.05, 4.69) is 10.5 Å². The number of aryl methyl sites for hydroxylation is 1. The number of carbonyl (C=O) groups excluding carboxylic acids is 1. The molecular formula is C20H17ClN2O2. The smallest absolute Gasteiger partial charge is 0.272 e. The summed E-state index contributed by atoms with van der Waals surface area (Å²) in [5.41, 5.74) is 4.69. The van der Waals surface area contributed by atoms with Gasteiger partial charge in [-0.05, 0) is 41.5 Å². The molecule has 25 heavy (non-hydrogen) atoms. The summed E-state index contributed by atoms with van der Waals surface area (Å²) in [5.74, 6) is 0.325. The zero-order chi connectivity index (χ0) is 17.8. The summed E-state index contributed by atoms with van der Waals surface area (Å²) in [5, 5.41) is 6.54. The van der Waals surface area contributed by atoms with Crippen molar-refractivity contribution in [2.45, 2.75) is 6.92 Å². The Balaban J connectivity index is 1.87. The molecule has 126 valence electrons. The molecule has 5 heteroatoms. The quantitative estimate of drug-likeness (QED) is 0.552. The van der Waals surface area contributed by atoms with Crippen LogP contribution >= 0.6 is 11.6 Å². The van der Waals surface area contributed by atoms with Crippen LogP contribution in [-0.2, 0) is 0 Å². The number of fused-ring (bicyclic) bond motifs is 1. The van der Waals surface area contributed by atoms with Gasteiger partial charge < -0.3 is 4.74 Å². The monoisotopic (exact) mass is 352 g/mol. The molecule has 4 nitrogen and oxygen atoms in total. The van der Waals surface area contributed by atoms with Crippen molar-refractivity contribution in [3.63, 3.8) is 0 Å². The van der Waals surface area contributed by atoms with Gasteiger partial charge in [-0.25, -0.2) is 5.43 Å². The van der Waals surface area contributed by atoms with E-state index in [-0.39, 0.29) is 5.91 Å². The summed E-state index contributed by atoms with van der Waals surface area (Å²) in [4.78, 5) is 12.2. The van der Waals surface area contributed by atoms with Gasteiger partial charge in [0.25, 0.3) is 5.91 Å². The molecule has 0 aliphatic rings. The Hall–Kier alpha value is -2.85. The Labute approximate surface area is 151 Å². The third-order valence-electron chi connectivity index (χ3n) is 3.88. The van der Waals surface area contributed by atoms with Crippen LogP contribution in [0.4, 0.5) is 0 Å². The van der Waals surface area contributed by atoms with E-state index in [0.29, 0.717) is 16.3 Å². The van der Waals surface area contributed by atoms with E-state index in [1.54, 1.807) is 25.5 Å². The molecule has 1 N–H and O–H groups in total. The lowest BCUT2D eigenvalue weighted by Gasteiger charge is -2.08. The van der Waals surface area contributed by atoms with Gasteiger partial charge in [-0.15, -0.1) is 0 Å². The third kappa shape index (κ3) is 3.64. The fourth-order valence-electron chi connectivity index (χ4n) is 2.61. The number of carbonyl (C=O) groups is 1. The molecule has 0 spiro atoms. The Morgan fingerprint density at radius 3 is 2.72 bits per heavy atom. The van der Waals surface area contributed by atoms with E-state index >= 15 is 0 Å². The normalized spacial score (nSPS) is 11.0. The van der Waals surface area contributed by atoms with Crippen molar-refractivity contribution in [2.24, 2.45) is 5.10 Å². The first-order valence-electron chi connectivity index (χ1n) is 7.75. The van der Waals surface area contributed by atoms with Gasteiger partial charge in [-0.2, -0.15) is 5.10 Å². The average molecular weight is 353 g/mol. The molecule has 0 bridgehead atoms. The minimum Gasteiger partial charge on any atom is -0.496 e. The van der Waals surface area contributed by atoms with Crippen LogP contribution in [0, 0.1) is 6.92 Å². The number of hydrogen-bond donors (Lipinski definition) is 1. The van der Waals surface area contributed by atoms with Crippen molar-refractivity contribution >= 4 is 34.5 Å². The van der Waals surface area contributed by atoms with Crippen molar-refractivity contribution in [1.29, 1.82) is 0 Å². The number of benzene rings is 3. The van der Waals surface area contributed by atoms with Crippen LogP contribution in [0.3, 0.4) is 0 Å². The predicted molar refractivity (Wildman–Crippen MR) is 102 cm³/mol. The number of amides is 1. The van der Waals surface area contributed by atoms with Gasteiger partial charge in [0, 0.05) is 5.56 Å². The van der Waals surface area contributed by atoms with Gasteiger partial charge >= 0.3 is 0 Å². The Morgan fingerprint density at radius 2 is 1.96 bits per heavy atom. The molecule has 0 aromatic heterocycles. The molecule has 0 unspecified atom stereocenters. The van der Waals surface area contributed by atoms with Crippen LogP contribution in [0.15, 0.2) is 59.7 Å². The van der Waals surface area contributed by atoms with Crippen molar-refractivity contribution in [1.82, 2.24) is 5.43 Å². The van der Waals surface area contributed by atoms with Gasteiger partial charge in [0.15, 0.2) is 0 Å². The standard InChI is InChI=1S/C20H17ClN2O2/c1-13-7-9-16(18(21)11-13)20(24)23-22-12-17-15-6-4-3-5-14(15)8-10-19(17)25-2/h3-12H,1-2H3,(H,23,24)/b22-12-. The molecule has 0 saturated carbocycles. The third-order valence-corrected chi connectivity index (χ3v) is 4.19. The highest BCUT2D eigenvalue weighted by atomic mass is 35.5. The largest absolute Gasteiger partial charge is 0.496 e. The molecule has 3 rings (SSSR count). The van der Waals surface area contributed by atoms with Crippen LogP contribution in [0.25, 0.3) is 10.8 Å². The first-order chi connectivity index (χ1) is 12.1. The van der Waals surface area contributed by atoms with Crippen LogP contribution in [0.5, 0.6) is 5.75 Å². The fourth-order valence-corrected chi connectivity index (χ4v) is 2.93. The van der Waals surface area contributed by atoms with Gasteiger partial charge in [0.1, 0.15) is 5.75 Å². The Morgan fingerprint density at radius 1 is 1.16 bits per heavy atom. The van der Waals surface area contributed by atoms with E-state index in [1.165, 1.54) is 0 Å². The maximum absolute atomic E-state index is 12.2. The van der Waals surface area contributed by atoms with Crippen LogP contribution in [0.1, 0.15) is 21.5 Å². The zero-order valence-corrected chi connectivity index (χ0v) is 14.7. The molecule has 0 aliphatic heterocycles. The van der Waals surface area contributed by atoms with Gasteiger partial charge in [0.05, 0.1) is 23.9 Å². The number of nitrogens with one attached hydrogen (secondary N) is 1. The van der Waals surface area contributed by atoms with Gasteiger partial charge in [-0.1, -0.05) is 48.0 Å². The van der Waals surface area contributed by atoms with Crippen LogP contribution in [0.2, 0.25) is 5.02 Å². The zero-order valence-electron chi connectivity index (χ0n) is 13.9. The molecule has 3 aromatic rings. The van der Waals surface area contributed by atoms with Crippen molar-refractivity contribution < 1.29 is 9.53 Å². The topological polar surface area (TPSA) is 50.7 Å². The van der Waals surface area contributed by atoms with Crippen molar-refractivity contribution in [3.05, 3.63) is 76.3 Å². The molecule has 3 aromatic carbocycles. The maximum atomic E-state index is 12.2. The number of nitrogens with zero attached hydrogens (tertiary/aromatic N) is 1. The fraction of sp³-hybridized carbons (Fsp3) is 0.100. The number of hydrogen-bond acceptors (Lipinski definition) is 3. The first kappa shape index (κ1) is 17.0. The van der Waals surface area contributed by atoms with Crippen molar-refractivity contribution in [3.8, 4) is 5.75 Å². The van der Waals surface area contributed by atoms with E-state index < -0.39 is 0 Å². The lowest BCUT2D eigenvalue weighted by atomic mass is 10.0. The number of hydrazone groups is 1. The summed E-state index contributed by atoms with van der Waals surface area (Å²) >= 11 is 6.11. The second kappa shape index (κ2) is 7.36. The van der Waals surface area contributed by atoms with Gasteiger partial charge in [-0.3, -0.25) is 4.79 Å². The minimum absolute atomic E-state index is 0.361. The average Bonchev–Trinajstić information content (AvgIpc) is 2.61. The number of rotatable bonds is 4. The molecule has 1 amide bonds. The summed E-state index contributed by atoms with van der Waals surface area (Å²) in [6, 6.07) is 17.0. The van der Waals surface area contributed by atoms with Crippen molar-refractivity contribution in [2.75, 3.05) is 7.11 Å². The molecule has 0 aliphatic carbocycles. The predicted octanol–water partition coefficient (Wildman–Crippen LogP) is 4.57. The maximum Gasteiger partial charge on any atom is 0.272 e. The summed E-state index contributed by atoms with van der Waals surface area (Å²) in [7, 11) is 1.60.